The van der Waals surface area contributed by atoms with Gasteiger partial charge in [0, 0.05) is 41.1 Å². The number of anilines is 4. The van der Waals surface area contributed by atoms with Gasteiger partial charge in [-0.3, -0.25) is 9.52 Å². The van der Waals surface area contributed by atoms with Crippen LogP contribution < -0.4 is 15.4 Å². The van der Waals surface area contributed by atoms with E-state index in [2.05, 4.69) is 25.3 Å². The van der Waals surface area contributed by atoms with E-state index in [1.54, 1.807) is 72.8 Å². The second-order valence-corrected chi connectivity index (χ2v) is 15.5. The fraction of sp³-hybridized carbons (Fsp3) is 0.0833. The maximum Gasteiger partial charge on any atom is 0.268 e. The van der Waals surface area contributed by atoms with Gasteiger partial charge < -0.3 is 15.5 Å². The Bertz CT molecular complexity index is 2470. The summed E-state index contributed by atoms with van der Waals surface area (Å²) in [7, 11) is -4.14. The van der Waals surface area contributed by atoms with E-state index >= 15 is 0 Å². The maximum atomic E-state index is 13.6. The average Bonchev–Trinajstić information content (AvgIpc) is 3.50. The third-order valence-electron chi connectivity index (χ3n) is 7.52. The number of amides is 1. The van der Waals surface area contributed by atoms with Crippen LogP contribution in [0, 0.1) is 0 Å². The van der Waals surface area contributed by atoms with Gasteiger partial charge >= 0.3 is 0 Å². The number of carbonyl (C=O) groups is 1. The summed E-state index contributed by atoms with van der Waals surface area (Å²) in [5, 5.41) is 6.60. The third-order valence-corrected chi connectivity index (χ3v) is 10.9. The van der Waals surface area contributed by atoms with Gasteiger partial charge in [-0.1, -0.05) is 60.1 Å². The van der Waals surface area contributed by atoms with E-state index in [0.29, 0.717) is 40.1 Å². The minimum absolute atomic E-state index is 0.00105. The summed E-state index contributed by atoms with van der Waals surface area (Å²) in [6.07, 6.45) is 6.04. The standard InChI is InChI=1S/C36H32ClN7O5S2/c1-43(2)21-9-16-34(45)39-25-17-19-28(20-18-25)50(46,47)42-27-11-8-10-26(22-27)40-36-38-23-32(37)35(41-36)31-24-44(33-15-7-6-14-30(31)33)51(48,49)29-12-4-3-5-13-29/h3-20,22-24,42H,21H2,1-2H3,(H,39,45)(H,38,40,41)/b16-9+. The number of hydrogen-bond donors (Lipinski definition) is 3. The van der Waals surface area contributed by atoms with E-state index in [-0.39, 0.29) is 32.4 Å². The zero-order valence-corrected chi connectivity index (χ0v) is 29.7. The van der Waals surface area contributed by atoms with Crippen LogP contribution in [-0.2, 0) is 24.8 Å². The summed E-state index contributed by atoms with van der Waals surface area (Å²) in [6, 6.07) is 27.5. The van der Waals surface area contributed by atoms with Crippen LogP contribution in [0.4, 0.5) is 23.0 Å². The number of likely N-dealkylation sites (N-methyl/N-ethyl adjacent to an activating group) is 1. The van der Waals surface area contributed by atoms with Crippen LogP contribution in [-0.4, -0.2) is 62.2 Å². The molecule has 0 aliphatic rings. The Kier molecular flexibility index (Phi) is 10.2. The predicted molar refractivity (Wildman–Crippen MR) is 200 cm³/mol. The van der Waals surface area contributed by atoms with E-state index < -0.39 is 20.0 Å². The summed E-state index contributed by atoms with van der Waals surface area (Å²) in [4.78, 5) is 23.1. The quantitative estimate of drug-likeness (QED) is 0.118. The number of aromatic nitrogens is 3. The van der Waals surface area contributed by atoms with Crippen molar-refractivity contribution < 1.29 is 21.6 Å². The van der Waals surface area contributed by atoms with Gasteiger partial charge in [-0.2, -0.15) is 0 Å². The van der Waals surface area contributed by atoms with Gasteiger partial charge in [-0.25, -0.2) is 30.8 Å². The molecule has 0 atom stereocenters. The molecule has 15 heteroatoms. The highest BCUT2D eigenvalue weighted by atomic mass is 35.5. The average molecular weight is 742 g/mol. The molecule has 3 N–H and O–H groups in total. The minimum Gasteiger partial charge on any atom is -0.324 e. The van der Waals surface area contributed by atoms with Crippen molar-refractivity contribution in [3.05, 3.63) is 133 Å². The molecule has 0 saturated heterocycles. The number of hydrogen-bond acceptors (Lipinski definition) is 9. The number of rotatable bonds is 12. The summed E-state index contributed by atoms with van der Waals surface area (Å²) in [5.41, 5.74) is 2.42. The van der Waals surface area contributed by atoms with Gasteiger partial charge in [0.25, 0.3) is 20.0 Å². The fourth-order valence-corrected chi connectivity index (χ4v) is 7.77. The topological polar surface area (TPSA) is 155 Å². The van der Waals surface area contributed by atoms with Crippen LogP contribution in [0.1, 0.15) is 0 Å². The van der Waals surface area contributed by atoms with Crippen molar-refractivity contribution in [2.45, 2.75) is 9.79 Å². The molecule has 0 aliphatic carbocycles. The molecule has 4 aromatic carbocycles. The summed E-state index contributed by atoms with van der Waals surface area (Å²) >= 11 is 6.58. The maximum absolute atomic E-state index is 13.6. The Hall–Kier alpha value is -5.54. The first-order chi connectivity index (χ1) is 24.4. The monoisotopic (exact) mass is 741 g/mol. The molecule has 6 aromatic rings. The molecule has 0 fully saturated rings. The largest absolute Gasteiger partial charge is 0.324 e. The summed E-state index contributed by atoms with van der Waals surface area (Å²) in [5.74, 6) is -0.180. The van der Waals surface area contributed by atoms with E-state index in [4.69, 9.17) is 11.6 Å². The third kappa shape index (κ3) is 8.10. The van der Waals surface area contributed by atoms with Gasteiger partial charge in [0.1, 0.15) is 0 Å². The van der Waals surface area contributed by atoms with Gasteiger partial charge in [-0.05, 0) is 74.8 Å². The fourth-order valence-electron chi connectivity index (χ4n) is 5.14. The molecule has 0 aliphatic heterocycles. The zero-order chi connectivity index (χ0) is 36.2. The predicted octanol–water partition coefficient (Wildman–Crippen LogP) is 6.59. The first kappa shape index (κ1) is 35.3. The normalized spacial score (nSPS) is 12.0. The van der Waals surface area contributed by atoms with Crippen LogP contribution in [0.15, 0.2) is 137 Å². The second kappa shape index (κ2) is 14.7. The Morgan fingerprint density at radius 2 is 1.55 bits per heavy atom. The molecule has 0 saturated carbocycles. The zero-order valence-electron chi connectivity index (χ0n) is 27.4. The van der Waals surface area contributed by atoms with Crippen molar-refractivity contribution in [2.75, 3.05) is 36.0 Å². The molecule has 51 heavy (non-hydrogen) atoms. The first-order valence-corrected chi connectivity index (χ1v) is 18.8. The highest BCUT2D eigenvalue weighted by Crippen LogP contribution is 2.36. The van der Waals surface area contributed by atoms with Gasteiger partial charge in [-0.15, -0.1) is 0 Å². The first-order valence-electron chi connectivity index (χ1n) is 15.5. The lowest BCUT2D eigenvalue weighted by Gasteiger charge is -2.12. The molecular formula is C36H32ClN7O5S2. The highest BCUT2D eigenvalue weighted by molar-refractivity contribution is 7.92. The Balaban J connectivity index is 1.21. The lowest BCUT2D eigenvalue weighted by molar-refractivity contribution is -0.111. The Labute approximate surface area is 300 Å². The van der Waals surface area contributed by atoms with Crippen LogP contribution >= 0.6 is 11.6 Å². The van der Waals surface area contributed by atoms with Crippen LogP contribution in [0.2, 0.25) is 5.02 Å². The molecule has 260 valence electrons. The van der Waals surface area contributed by atoms with Gasteiger partial charge in [0.15, 0.2) is 0 Å². The van der Waals surface area contributed by atoms with E-state index in [9.17, 15) is 21.6 Å². The number of fused-ring (bicyclic) bond motifs is 1. The van der Waals surface area contributed by atoms with Crippen molar-refractivity contribution >= 4 is 71.5 Å². The van der Waals surface area contributed by atoms with Crippen molar-refractivity contribution in [3.63, 3.8) is 0 Å². The molecule has 0 unspecified atom stereocenters. The number of para-hydroxylation sites is 1. The van der Waals surface area contributed by atoms with Crippen molar-refractivity contribution in [2.24, 2.45) is 0 Å². The molecule has 2 heterocycles. The molecule has 0 spiro atoms. The molecule has 12 nitrogen and oxygen atoms in total. The van der Waals surface area contributed by atoms with Crippen LogP contribution in [0.3, 0.4) is 0 Å². The van der Waals surface area contributed by atoms with E-state index in [0.717, 1.165) is 0 Å². The Morgan fingerprint density at radius 3 is 2.29 bits per heavy atom. The summed E-state index contributed by atoms with van der Waals surface area (Å²) < 4.78 is 57.4. The molecule has 6 rings (SSSR count). The number of halogens is 1. The molecule has 1 amide bonds. The summed E-state index contributed by atoms with van der Waals surface area (Å²) in [6.45, 7) is 0.608. The molecule has 2 aromatic heterocycles. The SMILES string of the molecule is CN(C)C/C=C/C(=O)Nc1ccc(S(=O)(=O)Nc2cccc(Nc3ncc(Cl)c(-c4cn(S(=O)(=O)c5ccccc5)c5ccccc45)n3)c2)cc1. The van der Waals surface area contributed by atoms with Gasteiger partial charge in [0.2, 0.25) is 11.9 Å². The highest BCUT2D eigenvalue weighted by Gasteiger charge is 2.23. The number of nitrogens with zero attached hydrogens (tertiary/aromatic N) is 4. The molecular weight excluding hydrogens is 710 g/mol. The molecule has 0 bridgehead atoms. The van der Waals surface area contributed by atoms with Crippen LogP contribution in [0.25, 0.3) is 22.2 Å². The number of sulfonamides is 1. The van der Waals surface area contributed by atoms with Crippen molar-refractivity contribution in [1.82, 2.24) is 18.8 Å². The van der Waals surface area contributed by atoms with Crippen molar-refractivity contribution in [3.8, 4) is 11.3 Å². The van der Waals surface area contributed by atoms with E-state index in [1.807, 2.05) is 19.0 Å². The minimum atomic E-state index is -3.98. The second-order valence-electron chi connectivity index (χ2n) is 11.6. The van der Waals surface area contributed by atoms with E-state index in [1.165, 1.54) is 58.8 Å². The van der Waals surface area contributed by atoms with Crippen molar-refractivity contribution in [1.29, 1.82) is 0 Å². The molecule has 0 radical (unpaired) electrons. The van der Waals surface area contributed by atoms with Crippen LogP contribution in [0.5, 0.6) is 0 Å². The number of nitrogens with one attached hydrogen (secondary N) is 3. The number of benzene rings is 4. The number of carbonyl (C=O) groups excluding carboxylic acids is 1. The lowest BCUT2D eigenvalue weighted by Crippen LogP contribution is -2.14. The van der Waals surface area contributed by atoms with Gasteiger partial charge in [0.05, 0.1) is 37.9 Å². The lowest BCUT2D eigenvalue weighted by atomic mass is 10.1. The Morgan fingerprint density at radius 1 is 0.843 bits per heavy atom. The smallest absolute Gasteiger partial charge is 0.268 e.